The van der Waals surface area contributed by atoms with E-state index >= 15 is 0 Å². The van der Waals surface area contributed by atoms with Crippen molar-refractivity contribution in [2.75, 3.05) is 11.9 Å². The third-order valence-corrected chi connectivity index (χ3v) is 6.64. The van der Waals surface area contributed by atoms with Crippen LogP contribution in [-0.2, 0) is 9.59 Å². The fraction of sp³-hybridized carbons (Fsp3) is 0.350. The van der Waals surface area contributed by atoms with Crippen LogP contribution in [0.1, 0.15) is 18.0 Å². The van der Waals surface area contributed by atoms with E-state index in [0.29, 0.717) is 5.13 Å². The van der Waals surface area contributed by atoms with Crippen molar-refractivity contribution in [3.05, 3.63) is 53.6 Å². The van der Waals surface area contributed by atoms with E-state index in [-0.39, 0.29) is 42.0 Å². The number of nitrogens with zero attached hydrogens (tertiary/aromatic N) is 3. The average molecular weight is 409 g/mol. The minimum Gasteiger partial charge on any atom is -0.335 e. The van der Waals surface area contributed by atoms with Gasteiger partial charge in [-0.15, -0.1) is 10.2 Å². The summed E-state index contributed by atoms with van der Waals surface area (Å²) < 4.78 is 0. The fourth-order valence-corrected chi connectivity index (χ4v) is 5.26. The maximum absolute atomic E-state index is 13.2. The zero-order valence-electron chi connectivity index (χ0n) is 15.4. The predicted molar refractivity (Wildman–Crippen MR) is 106 cm³/mol. The summed E-state index contributed by atoms with van der Waals surface area (Å²) in [5, 5.41) is 13.2. The molecule has 29 heavy (non-hydrogen) atoms. The highest BCUT2D eigenvalue weighted by molar-refractivity contribution is 7.13. The first-order valence-electron chi connectivity index (χ1n) is 9.54. The molecular formula is C20H19N5O3S. The van der Waals surface area contributed by atoms with Gasteiger partial charge in [0.05, 0.1) is 17.9 Å². The summed E-state index contributed by atoms with van der Waals surface area (Å²) in [5.41, 5.74) is 2.33. The number of fused-ring (bicyclic) bond motifs is 5. The van der Waals surface area contributed by atoms with Gasteiger partial charge in [0.1, 0.15) is 5.51 Å². The molecule has 4 amide bonds. The summed E-state index contributed by atoms with van der Waals surface area (Å²) in [6.45, 7) is 0.119. The number of rotatable bonds is 5. The fourth-order valence-electron chi connectivity index (χ4n) is 4.82. The molecule has 1 aromatic heterocycles. The van der Waals surface area contributed by atoms with E-state index in [1.807, 2.05) is 30.3 Å². The Morgan fingerprint density at radius 2 is 1.83 bits per heavy atom. The van der Waals surface area contributed by atoms with Gasteiger partial charge in [-0.3, -0.25) is 19.8 Å². The number of carbonyl (C=O) groups is 3. The Kier molecular flexibility index (Phi) is 4.39. The number of aromatic nitrogens is 2. The van der Waals surface area contributed by atoms with Gasteiger partial charge in [-0.2, -0.15) is 0 Å². The number of amides is 4. The summed E-state index contributed by atoms with van der Waals surface area (Å²) in [6, 6.07) is 8.34. The second kappa shape index (κ2) is 7.07. The second-order valence-electron chi connectivity index (χ2n) is 7.55. The maximum atomic E-state index is 13.2. The van der Waals surface area contributed by atoms with Crippen LogP contribution in [0.15, 0.2) is 48.0 Å². The van der Waals surface area contributed by atoms with Crippen molar-refractivity contribution in [2.45, 2.75) is 12.5 Å². The van der Waals surface area contributed by atoms with Crippen LogP contribution in [0.3, 0.4) is 0 Å². The van der Waals surface area contributed by atoms with Crippen LogP contribution in [0, 0.1) is 23.7 Å². The highest BCUT2D eigenvalue weighted by Crippen LogP contribution is 2.53. The van der Waals surface area contributed by atoms with Gasteiger partial charge in [0.25, 0.3) is 0 Å². The Hall–Kier alpha value is -3.07. The van der Waals surface area contributed by atoms with Gasteiger partial charge in [-0.05, 0) is 23.8 Å². The number of hydrogen-bond acceptors (Lipinski definition) is 6. The van der Waals surface area contributed by atoms with Crippen molar-refractivity contribution < 1.29 is 14.4 Å². The molecule has 1 saturated heterocycles. The number of anilines is 1. The van der Waals surface area contributed by atoms with Gasteiger partial charge in [0.2, 0.25) is 16.9 Å². The molecule has 2 aromatic rings. The second-order valence-corrected chi connectivity index (χ2v) is 8.38. The van der Waals surface area contributed by atoms with Crippen LogP contribution in [0.2, 0.25) is 0 Å². The maximum Gasteiger partial charge on any atom is 0.321 e. The van der Waals surface area contributed by atoms with Crippen LogP contribution >= 0.6 is 11.3 Å². The summed E-state index contributed by atoms with van der Waals surface area (Å²) in [6.07, 6.45) is 5.04. The van der Waals surface area contributed by atoms with Gasteiger partial charge in [0, 0.05) is 6.54 Å². The normalized spacial score (nSPS) is 27.9. The van der Waals surface area contributed by atoms with Gasteiger partial charge < -0.3 is 5.32 Å². The van der Waals surface area contributed by atoms with E-state index in [9.17, 15) is 14.4 Å². The largest absolute Gasteiger partial charge is 0.335 e. The Balaban J connectivity index is 1.37. The topological polar surface area (TPSA) is 104 Å². The van der Waals surface area contributed by atoms with Crippen molar-refractivity contribution in [1.29, 1.82) is 0 Å². The first kappa shape index (κ1) is 18.0. The molecule has 148 valence electrons. The van der Waals surface area contributed by atoms with Crippen molar-refractivity contribution in [3.8, 4) is 0 Å². The zero-order valence-corrected chi connectivity index (χ0v) is 16.2. The monoisotopic (exact) mass is 409 g/mol. The van der Waals surface area contributed by atoms with Crippen molar-refractivity contribution >= 4 is 34.3 Å². The number of allylic oxidation sites excluding steroid dienone is 2. The Morgan fingerprint density at radius 1 is 1.14 bits per heavy atom. The standard InChI is InChI=1S/C20H19N5O3S/c26-17-15-12-6-7-13(8-12)16(15)18(27)25(17)14(11-4-2-1-3-5-11)9-21-19(28)23-20-24-22-10-29-20/h1-7,10,12-16H,8-9H2,(H2,21,23,24,28). The molecule has 2 heterocycles. The van der Waals surface area contributed by atoms with Crippen molar-refractivity contribution in [1.82, 2.24) is 20.4 Å². The Labute approximate surface area is 171 Å². The average Bonchev–Trinajstić information content (AvgIpc) is 3.50. The molecule has 1 aromatic carbocycles. The molecule has 5 rings (SSSR count). The molecule has 9 heteroatoms. The first-order valence-corrected chi connectivity index (χ1v) is 10.4. The summed E-state index contributed by atoms with van der Waals surface area (Å²) in [5.74, 6) is -0.486. The van der Waals surface area contributed by atoms with Crippen molar-refractivity contribution in [2.24, 2.45) is 23.7 Å². The molecule has 2 fully saturated rings. The Bertz CT molecular complexity index is 947. The number of imide groups is 1. The predicted octanol–water partition coefficient (Wildman–Crippen LogP) is 2.21. The van der Waals surface area contributed by atoms with Crippen LogP contribution in [0.5, 0.6) is 0 Å². The molecule has 5 atom stereocenters. The zero-order chi connectivity index (χ0) is 20.0. The van der Waals surface area contributed by atoms with E-state index in [0.717, 1.165) is 12.0 Å². The van der Waals surface area contributed by atoms with E-state index in [1.54, 1.807) is 0 Å². The molecule has 2 aliphatic carbocycles. The summed E-state index contributed by atoms with van der Waals surface area (Å²) >= 11 is 1.21. The van der Waals surface area contributed by atoms with Crippen LogP contribution in [0.25, 0.3) is 0 Å². The molecule has 3 aliphatic rings. The SMILES string of the molecule is O=C(NCC(c1ccccc1)N1C(=O)C2C3C=CC(C3)C2C1=O)Nc1nncs1. The molecule has 2 N–H and O–H groups in total. The quantitative estimate of drug-likeness (QED) is 0.582. The number of carbonyl (C=O) groups excluding carboxylic acids is 3. The number of hydrogen-bond donors (Lipinski definition) is 2. The third kappa shape index (κ3) is 3.02. The molecule has 8 nitrogen and oxygen atoms in total. The lowest BCUT2D eigenvalue weighted by Gasteiger charge is -2.28. The lowest BCUT2D eigenvalue weighted by molar-refractivity contribution is -0.143. The van der Waals surface area contributed by atoms with Crippen LogP contribution in [0.4, 0.5) is 9.93 Å². The van der Waals surface area contributed by atoms with Gasteiger partial charge in [-0.1, -0.05) is 53.8 Å². The lowest BCUT2D eigenvalue weighted by Crippen LogP contribution is -2.43. The number of nitrogens with one attached hydrogen (secondary N) is 2. The molecule has 5 unspecified atom stereocenters. The molecule has 1 aliphatic heterocycles. The first-order chi connectivity index (χ1) is 14.1. The summed E-state index contributed by atoms with van der Waals surface area (Å²) in [7, 11) is 0. The van der Waals surface area contributed by atoms with E-state index in [4.69, 9.17) is 0 Å². The molecule has 0 radical (unpaired) electrons. The third-order valence-electron chi connectivity index (χ3n) is 6.04. The van der Waals surface area contributed by atoms with Gasteiger partial charge in [-0.25, -0.2) is 4.79 Å². The van der Waals surface area contributed by atoms with E-state index < -0.39 is 12.1 Å². The summed E-state index contributed by atoms with van der Waals surface area (Å²) in [4.78, 5) is 40.1. The highest BCUT2D eigenvalue weighted by atomic mass is 32.1. The molecule has 0 spiro atoms. The van der Waals surface area contributed by atoms with E-state index in [1.165, 1.54) is 21.7 Å². The molecule has 2 bridgehead atoms. The smallest absolute Gasteiger partial charge is 0.321 e. The van der Waals surface area contributed by atoms with Crippen LogP contribution < -0.4 is 10.6 Å². The number of likely N-dealkylation sites (tertiary alicyclic amines) is 1. The van der Waals surface area contributed by atoms with Gasteiger partial charge in [0.15, 0.2) is 0 Å². The van der Waals surface area contributed by atoms with Gasteiger partial charge >= 0.3 is 6.03 Å². The highest BCUT2D eigenvalue weighted by Gasteiger charge is 2.60. The van der Waals surface area contributed by atoms with Crippen LogP contribution in [-0.4, -0.2) is 39.5 Å². The molecule has 1 saturated carbocycles. The Morgan fingerprint density at radius 3 is 2.45 bits per heavy atom. The van der Waals surface area contributed by atoms with Crippen molar-refractivity contribution in [3.63, 3.8) is 0 Å². The number of benzene rings is 1. The van der Waals surface area contributed by atoms with E-state index in [2.05, 4.69) is 33.0 Å². The number of urea groups is 1. The minimum absolute atomic E-state index is 0.119. The lowest BCUT2D eigenvalue weighted by atomic mass is 9.85. The molecular weight excluding hydrogens is 390 g/mol. The minimum atomic E-state index is -0.554.